The van der Waals surface area contributed by atoms with Gasteiger partial charge in [-0.2, -0.15) is 0 Å². The Hall–Kier alpha value is -1.49. The lowest BCUT2D eigenvalue weighted by Gasteiger charge is -2.54. The zero-order valence-corrected chi connectivity index (χ0v) is 21.0. The number of carbonyl (C=O) groups is 1. The summed E-state index contributed by atoms with van der Waals surface area (Å²) in [6.45, 7) is 1.84. The van der Waals surface area contributed by atoms with Crippen LogP contribution >= 0.6 is 0 Å². The maximum atomic E-state index is 12.2. The van der Waals surface area contributed by atoms with Crippen LogP contribution in [0.4, 0.5) is 0 Å². The van der Waals surface area contributed by atoms with Gasteiger partial charge in [0.15, 0.2) is 11.9 Å². The van der Waals surface area contributed by atoms with Crippen molar-refractivity contribution in [2.45, 2.75) is 87.4 Å². The molecule has 3 rings (SSSR count). The minimum Gasteiger partial charge on any atom is -0.469 e. The van der Waals surface area contributed by atoms with E-state index in [9.17, 15) is 45.6 Å². The Morgan fingerprint density at radius 2 is 1.73 bits per heavy atom. The topological polar surface area (TPSA) is 216 Å². The first-order valence-electron chi connectivity index (χ1n) is 12.2. The van der Waals surface area contributed by atoms with Crippen LogP contribution in [0.2, 0.25) is 0 Å². The Bertz CT molecular complexity index is 869. The molecule has 0 aromatic heterocycles. The Balaban J connectivity index is 1.82. The fourth-order valence-corrected chi connectivity index (χ4v) is 5.16. The summed E-state index contributed by atoms with van der Waals surface area (Å²) in [6.07, 6.45) is -13.0. The molecule has 13 heteroatoms. The second-order valence-corrected chi connectivity index (χ2v) is 9.70. The minimum absolute atomic E-state index is 0.145. The number of esters is 1. The van der Waals surface area contributed by atoms with Gasteiger partial charge in [0.1, 0.15) is 48.8 Å². The molecule has 0 aromatic rings. The fraction of sp³-hybridized carbons (Fsp3) is 0.792. The van der Waals surface area contributed by atoms with Gasteiger partial charge in [-0.15, -0.1) is 0 Å². The van der Waals surface area contributed by atoms with Gasteiger partial charge in [0, 0.05) is 0 Å². The Labute approximate surface area is 214 Å². The molecule has 11 unspecified atom stereocenters. The van der Waals surface area contributed by atoms with E-state index in [0.717, 1.165) is 5.57 Å². The number of ether oxygens (including phenoxy) is 4. The average molecular weight is 535 g/mol. The van der Waals surface area contributed by atoms with Crippen molar-refractivity contribution >= 4 is 5.97 Å². The van der Waals surface area contributed by atoms with Crippen molar-refractivity contribution in [2.24, 2.45) is 5.92 Å². The Morgan fingerprint density at radius 1 is 1.05 bits per heavy atom. The SMILES string of the molecule is CCC1=CC(COC2OC(CO)C(O)(C3OC(CO)C(O)C(O)C3O)C(O)C2O)=C(C)C(C(=O)OC)C1. The van der Waals surface area contributed by atoms with Gasteiger partial charge in [0.2, 0.25) is 0 Å². The Kier molecular flexibility index (Phi) is 9.86. The summed E-state index contributed by atoms with van der Waals surface area (Å²) >= 11 is 0. The molecule has 0 bridgehead atoms. The van der Waals surface area contributed by atoms with Crippen molar-refractivity contribution in [3.63, 3.8) is 0 Å². The molecule has 8 N–H and O–H groups in total. The first kappa shape index (κ1) is 30.1. The van der Waals surface area contributed by atoms with E-state index < -0.39 is 85.8 Å². The molecule has 0 saturated carbocycles. The van der Waals surface area contributed by atoms with Crippen LogP contribution in [0, 0.1) is 5.92 Å². The van der Waals surface area contributed by atoms with Crippen LogP contribution in [-0.2, 0) is 23.7 Å². The third-order valence-electron chi connectivity index (χ3n) is 7.62. The molecule has 2 fully saturated rings. The molecule has 1 aliphatic carbocycles. The summed E-state index contributed by atoms with van der Waals surface area (Å²) < 4.78 is 21.6. The monoisotopic (exact) mass is 534 g/mol. The molecule has 37 heavy (non-hydrogen) atoms. The van der Waals surface area contributed by atoms with Crippen LogP contribution in [0.1, 0.15) is 26.7 Å². The van der Waals surface area contributed by atoms with Gasteiger partial charge in [-0.1, -0.05) is 24.1 Å². The molecule has 2 heterocycles. The lowest BCUT2D eigenvalue weighted by molar-refractivity contribution is -0.371. The highest BCUT2D eigenvalue weighted by Gasteiger charge is 2.64. The second-order valence-electron chi connectivity index (χ2n) is 9.70. The molecule has 2 saturated heterocycles. The summed E-state index contributed by atoms with van der Waals surface area (Å²) in [6, 6.07) is 0. The van der Waals surface area contributed by atoms with E-state index in [2.05, 4.69) is 0 Å². The third-order valence-corrected chi connectivity index (χ3v) is 7.62. The molecular weight excluding hydrogens is 496 g/mol. The molecule has 212 valence electrons. The first-order valence-corrected chi connectivity index (χ1v) is 12.2. The number of allylic oxidation sites excluding steroid dienone is 1. The normalized spacial score (nSPS) is 42.9. The molecule has 3 aliphatic rings. The summed E-state index contributed by atoms with van der Waals surface area (Å²) in [5.74, 6) is -0.906. The summed E-state index contributed by atoms with van der Waals surface area (Å²) in [4.78, 5) is 12.2. The van der Waals surface area contributed by atoms with E-state index in [1.807, 2.05) is 13.0 Å². The maximum Gasteiger partial charge on any atom is 0.313 e. The van der Waals surface area contributed by atoms with E-state index in [4.69, 9.17) is 18.9 Å². The van der Waals surface area contributed by atoms with Gasteiger partial charge >= 0.3 is 5.97 Å². The predicted octanol–water partition coefficient (Wildman–Crippen LogP) is -3.14. The standard InChI is InChI=1S/C24H38O13/c1-4-11-5-12(10(2)13(6-11)22(32)34-3)9-35-23-19(30)20(31)24(33,15(8-26)37-23)21-18(29)17(28)16(27)14(7-25)36-21/h5,13-21,23,25-31,33H,4,6-9H2,1-3H3. The first-order chi connectivity index (χ1) is 17.5. The minimum atomic E-state index is -2.67. The molecule has 0 aromatic carbocycles. The number of aliphatic hydroxyl groups is 8. The van der Waals surface area contributed by atoms with Crippen molar-refractivity contribution in [1.29, 1.82) is 0 Å². The number of hydrogen-bond acceptors (Lipinski definition) is 13. The number of carbonyl (C=O) groups excluding carboxylic acids is 1. The van der Waals surface area contributed by atoms with Crippen LogP contribution in [-0.4, -0.2) is 134 Å². The molecular formula is C24H38O13. The van der Waals surface area contributed by atoms with Gasteiger partial charge in [0.25, 0.3) is 0 Å². The van der Waals surface area contributed by atoms with E-state index in [0.29, 0.717) is 24.0 Å². The van der Waals surface area contributed by atoms with Crippen LogP contribution < -0.4 is 0 Å². The highest BCUT2D eigenvalue weighted by molar-refractivity contribution is 5.77. The molecule has 13 nitrogen and oxygen atoms in total. The van der Waals surface area contributed by atoms with E-state index in [-0.39, 0.29) is 6.61 Å². The lowest BCUT2D eigenvalue weighted by atomic mass is 9.75. The predicted molar refractivity (Wildman–Crippen MR) is 124 cm³/mol. The largest absolute Gasteiger partial charge is 0.469 e. The van der Waals surface area contributed by atoms with Gasteiger partial charge in [0.05, 0.1) is 32.8 Å². The van der Waals surface area contributed by atoms with Crippen molar-refractivity contribution in [3.05, 3.63) is 22.8 Å². The molecule has 2 aliphatic heterocycles. The van der Waals surface area contributed by atoms with Gasteiger partial charge < -0.3 is 59.8 Å². The van der Waals surface area contributed by atoms with Gasteiger partial charge in [-0.05, 0) is 25.3 Å². The van der Waals surface area contributed by atoms with E-state index in [1.165, 1.54) is 7.11 Å². The highest BCUT2D eigenvalue weighted by Crippen LogP contribution is 2.40. The van der Waals surface area contributed by atoms with Crippen molar-refractivity contribution in [1.82, 2.24) is 0 Å². The zero-order chi connectivity index (χ0) is 27.7. The van der Waals surface area contributed by atoms with Crippen molar-refractivity contribution in [3.8, 4) is 0 Å². The zero-order valence-electron chi connectivity index (χ0n) is 21.0. The quantitative estimate of drug-likeness (QED) is 0.145. The summed E-state index contributed by atoms with van der Waals surface area (Å²) in [5.41, 5.74) is -0.353. The van der Waals surface area contributed by atoms with Crippen LogP contribution in [0.3, 0.4) is 0 Å². The fourth-order valence-electron chi connectivity index (χ4n) is 5.16. The van der Waals surface area contributed by atoms with Crippen LogP contribution in [0.15, 0.2) is 22.8 Å². The molecule has 0 amide bonds. The number of rotatable bonds is 8. The number of methoxy groups -OCH3 is 1. The molecule has 0 spiro atoms. The molecule has 11 atom stereocenters. The van der Waals surface area contributed by atoms with Gasteiger partial charge in [-0.25, -0.2) is 0 Å². The number of hydrogen-bond donors (Lipinski definition) is 8. The van der Waals surface area contributed by atoms with Crippen molar-refractivity contribution in [2.75, 3.05) is 26.9 Å². The Morgan fingerprint density at radius 3 is 2.30 bits per heavy atom. The third kappa shape index (κ3) is 5.49. The lowest BCUT2D eigenvalue weighted by Crippen LogP contribution is -2.77. The molecule has 0 radical (unpaired) electrons. The van der Waals surface area contributed by atoms with Crippen LogP contribution in [0.5, 0.6) is 0 Å². The van der Waals surface area contributed by atoms with Gasteiger partial charge in [-0.3, -0.25) is 4.79 Å². The summed E-state index contributed by atoms with van der Waals surface area (Å²) in [5, 5.41) is 83.1. The van der Waals surface area contributed by atoms with Crippen LogP contribution in [0.25, 0.3) is 0 Å². The highest BCUT2D eigenvalue weighted by atomic mass is 16.7. The second kappa shape index (κ2) is 12.1. The average Bonchev–Trinajstić information content (AvgIpc) is 2.90. The summed E-state index contributed by atoms with van der Waals surface area (Å²) in [7, 11) is 1.30. The smallest absolute Gasteiger partial charge is 0.313 e. The van der Waals surface area contributed by atoms with E-state index >= 15 is 0 Å². The maximum absolute atomic E-state index is 12.2. The van der Waals surface area contributed by atoms with E-state index in [1.54, 1.807) is 6.92 Å². The van der Waals surface area contributed by atoms with Crippen molar-refractivity contribution < 1.29 is 64.6 Å². The number of aliphatic hydroxyl groups excluding tert-OH is 7.